The average molecular weight is 310 g/mol. The minimum Gasteiger partial charge on any atom is -0.399 e. The van der Waals surface area contributed by atoms with Gasteiger partial charge >= 0.3 is 0 Å². The van der Waals surface area contributed by atoms with Crippen LogP contribution in [0.4, 0.5) is 11.4 Å². The minimum absolute atomic E-state index is 0.0406. The topological polar surface area (TPSA) is 124 Å². The molecule has 0 aliphatic carbocycles. The molecular formula is C13H18N4O3S. The molecule has 5 N–H and O–H groups in total. The lowest BCUT2D eigenvalue weighted by atomic mass is 10.1. The molecule has 0 aliphatic heterocycles. The molecule has 8 heteroatoms. The zero-order valence-corrected chi connectivity index (χ0v) is 12.9. The van der Waals surface area contributed by atoms with E-state index >= 15 is 0 Å². The highest BCUT2D eigenvalue weighted by atomic mass is 32.2. The van der Waals surface area contributed by atoms with Crippen molar-refractivity contribution in [2.24, 2.45) is 5.14 Å². The molecule has 0 fully saturated rings. The number of anilines is 2. The van der Waals surface area contributed by atoms with Crippen LogP contribution in [0.25, 0.3) is 0 Å². The lowest BCUT2D eigenvalue weighted by molar-refractivity contribution is 0.392. The Morgan fingerprint density at radius 1 is 1.33 bits per heavy atom. The van der Waals surface area contributed by atoms with E-state index in [9.17, 15) is 8.42 Å². The van der Waals surface area contributed by atoms with Crippen LogP contribution in [0, 0.1) is 13.8 Å². The largest absolute Gasteiger partial charge is 0.399 e. The van der Waals surface area contributed by atoms with Crippen molar-refractivity contribution in [2.45, 2.75) is 31.7 Å². The molecule has 1 unspecified atom stereocenters. The summed E-state index contributed by atoms with van der Waals surface area (Å²) in [6.07, 6.45) is 0. The van der Waals surface area contributed by atoms with Gasteiger partial charge in [-0.3, -0.25) is 0 Å². The van der Waals surface area contributed by atoms with Crippen LogP contribution < -0.4 is 16.2 Å². The molecule has 2 rings (SSSR count). The van der Waals surface area contributed by atoms with Crippen LogP contribution in [0.15, 0.2) is 27.6 Å². The lowest BCUT2D eigenvalue weighted by Gasteiger charge is -2.17. The van der Waals surface area contributed by atoms with E-state index in [-0.39, 0.29) is 10.9 Å². The number of nitrogen functional groups attached to an aromatic ring is 1. The zero-order chi connectivity index (χ0) is 15.8. The van der Waals surface area contributed by atoms with Crippen LogP contribution >= 0.6 is 0 Å². The molecule has 0 saturated carbocycles. The fourth-order valence-corrected chi connectivity index (χ4v) is 3.04. The number of sulfonamides is 1. The maximum absolute atomic E-state index is 11.7. The van der Waals surface area contributed by atoms with Crippen molar-refractivity contribution < 1.29 is 12.9 Å². The summed E-state index contributed by atoms with van der Waals surface area (Å²) in [4.78, 5) is -0.0406. The SMILES string of the molecule is Cc1noc(C)c1C(C)Nc1ccc(N)cc1S(N)(=O)=O. The quantitative estimate of drug-likeness (QED) is 0.738. The first-order chi connectivity index (χ1) is 9.70. The molecule has 0 aliphatic rings. The molecule has 0 amide bonds. The van der Waals surface area contributed by atoms with Crippen molar-refractivity contribution >= 4 is 21.4 Å². The molecule has 0 spiro atoms. The van der Waals surface area contributed by atoms with Crippen LogP contribution in [0.5, 0.6) is 0 Å². The molecule has 1 atom stereocenters. The molecule has 0 radical (unpaired) electrons. The van der Waals surface area contributed by atoms with Crippen LogP contribution in [0.2, 0.25) is 0 Å². The molecule has 114 valence electrons. The summed E-state index contributed by atoms with van der Waals surface area (Å²) in [5, 5.41) is 12.2. The van der Waals surface area contributed by atoms with Crippen LogP contribution in [0.1, 0.15) is 30.0 Å². The first-order valence-electron chi connectivity index (χ1n) is 6.31. The summed E-state index contributed by atoms with van der Waals surface area (Å²) in [5.74, 6) is 0.681. The second-order valence-electron chi connectivity index (χ2n) is 4.90. The molecule has 0 bridgehead atoms. The fraction of sp³-hybridized carbons (Fsp3) is 0.308. The Bertz CT molecular complexity index is 748. The third kappa shape index (κ3) is 3.17. The number of aryl methyl sites for hydroxylation is 2. The van der Waals surface area contributed by atoms with E-state index in [0.29, 0.717) is 17.1 Å². The smallest absolute Gasteiger partial charge is 0.240 e. The first kappa shape index (κ1) is 15.3. The van der Waals surface area contributed by atoms with Gasteiger partial charge in [0.1, 0.15) is 10.7 Å². The van der Waals surface area contributed by atoms with Gasteiger partial charge in [-0.2, -0.15) is 0 Å². The second-order valence-corrected chi connectivity index (χ2v) is 6.43. The van der Waals surface area contributed by atoms with Gasteiger partial charge < -0.3 is 15.6 Å². The normalized spacial score (nSPS) is 13.1. The van der Waals surface area contributed by atoms with Crippen LogP contribution in [0.3, 0.4) is 0 Å². The summed E-state index contributed by atoms with van der Waals surface area (Å²) in [5.41, 5.74) is 7.97. The number of primary sulfonamides is 1. The van der Waals surface area contributed by atoms with Crippen molar-refractivity contribution in [3.8, 4) is 0 Å². The Morgan fingerprint density at radius 2 is 2.00 bits per heavy atom. The number of hydrogen-bond acceptors (Lipinski definition) is 6. The number of benzene rings is 1. The predicted molar refractivity (Wildman–Crippen MR) is 80.2 cm³/mol. The maximum atomic E-state index is 11.7. The molecule has 1 heterocycles. The number of rotatable bonds is 4. The molecular weight excluding hydrogens is 292 g/mol. The highest BCUT2D eigenvalue weighted by Crippen LogP contribution is 2.29. The Morgan fingerprint density at radius 3 is 2.52 bits per heavy atom. The number of hydrogen-bond donors (Lipinski definition) is 3. The van der Waals surface area contributed by atoms with Gasteiger partial charge in [0.15, 0.2) is 0 Å². The molecule has 1 aromatic heterocycles. The van der Waals surface area contributed by atoms with Gasteiger partial charge in [-0.25, -0.2) is 13.6 Å². The third-order valence-electron chi connectivity index (χ3n) is 3.21. The number of nitrogens with one attached hydrogen (secondary N) is 1. The van der Waals surface area contributed by atoms with Crippen molar-refractivity contribution in [1.82, 2.24) is 5.16 Å². The summed E-state index contributed by atoms with van der Waals surface area (Å²) in [6.45, 7) is 5.51. The van der Waals surface area contributed by atoms with E-state index in [1.54, 1.807) is 19.1 Å². The van der Waals surface area contributed by atoms with Gasteiger partial charge in [0, 0.05) is 11.3 Å². The molecule has 7 nitrogen and oxygen atoms in total. The average Bonchev–Trinajstić information content (AvgIpc) is 2.70. The summed E-state index contributed by atoms with van der Waals surface area (Å²) >= 11 is 0. The Balaban J connectivity index is 2.41. The maximum Gasteiger partial charge on any atom is 0.240 e. The number of nitrogens with two attached hydrogens (primary N) is 2. The van der Waals surface area contributed by atoms with Gasteiger partial charge in [-0.15, -0.1) is 0 Å². The standard InChI is InChI=1S/C13H18N4O3S/c1-7(13-8(2)17-20-9(13)3)16-11-5-4-10(14)6-12(11)21(15,18)19/h4-7,16H,14H2,1-3H3,(H2,15,18,19). The van der Waals surface area contributed by atoms with Gasteiger partial charge in [-0.05, 0) is 39.0 Å². The fourth-order valence-electron chi connectivity index (χ4n) is 2.31. The summed E-state index contributed by atoms with van der Waals surface area (Å²) in [6, 6.07) is 4.33. The van der Waals surface area contributed by atoms with Gasteiger partial charge in [0.2, 0.25) is 10.0 Å². The van der Waals surface area contributed by atoms with Crippen LogP contribution in [-0.4, -0.2) is 13.6 Å². The van der Waals surface area contributed by atoms with Crippen molar-refractivity contribution in [2.75, 3.05) is 11.1 Å². The Hall–Kier alpha value is -2.06. The van der Waals surface area contributed by atoms with Crippen molar-refractivity contribution in [1.29, 1.82) is 0 Å². The van der Waals surface area contributed by atoms with Crippen molar-refractivity contribution in [3.63, 3.8) is 0 Å². The van der Waals surface area contributed by atoms with Gasteiger partial charge in [-0.1, -0.05) is 5.16 Å². The monoisotopic (exact) mass is 310 g/mol. The van der Waals surface area contributed by atoms with E-state index in [0.717, 1.165) is 11.3 Å². The minimum atomic E-state index is -3.87. The summed E-state index contributed by atoms with van der Waals surface area (Å²) in [7, 11) is -3.87. The molecule has 21 heavy (non-hydrogen) atoms. The van der Waals surface area contributed by atoms with Crippen LogP contribution in [-0.2, 0) is 10.0 Å². The van der Waals surface area contributed by atoms with Gasteiger partial charge in [0.05, 0.1) is 17.4 Å². The summed E-state index contributed by atoms with van der Waals surface area (Å²) < 4.78 is 28.4. The Labute approximate surface area is 123 Å². The molecule has 0 saturated heterocycles. The van der Waals surface area contributed by atoms with Crippen molar-refractivity contribution in [3.05, 3.63) is 35.2 Å². The Kier molecular flexibility index (Phi) is 3.93. The highest BCUT2D eigenvalue weighted by Gasteiger charge is 2.20. The zero-order valence-electron chi connectivity index (χ0n) is 12.0. The molecule has 1 aromatic carbocycles. The number of nitrogens with zero attached hydrogens (tertiary/aromatic N) is 1. The highest BCUT2D eigenvalue weighted by molar-refractivity contribution is 7.89. The van der Waals surface area contributed by atoms with E-state index < -0.39 is 10.0 Å². The molecule has 2 aromatic rings. The second kappa shape index (κ2) is 5.38. The van der Waals surface area contributed by atoms with E-state index in [2.05, 4.69) is 10.5 Å². The first-order valence-corrected chi connectivity index (χ1v) is 7.86. The van der Waals surface area contributed by atoms with E-state index in [4.69, 9.17) is 15.4 Å². The predicted octanol–water partition coefficient (Wildman–Crippen LogP) is 1.69. The van der Waals surface area contributed by atoms with E-state index in [1.165, 1.54) is 6.07 Å². The number of aromatic nitrogens is 1. The van der Waals surface area contributed by atoms with E-state index in [1.807, 2.05) is 13.8 Å². The lowest BCUT2D eigenvalue weighted by Crippen LogP contribution is -2.17. The van der Waals surface area contributed by atoms with Gasteiger partial charge in [0.25, 0.3) is 0 Å². The third-order valence-corrected chi connectivity index (χ3v) is 4.16.